The third kappa shape index (κ3) is 3.76. The number of nitrogens with one attached hydrogen (secondary N) is 3. The molecule has 0 spiro atoms. The highest BCUT2D eigenvalue weighted by Crippen LogP contribution is 2.36. The number of ether oxygens (including phenoxy) is 1. The predicted molar refractivity (Wildman–Crippen MR) is 110 cm³/mol. The number of hydrogen-bond acceptors (Lipinski definition) is 8. The molecule has 3 rings (SSSR count). The summed E-state index contributed by atoms with van der Waals surface area (Å²) in [6.07, 6.45) is 2.38. The first-order chi connectivity index (χ1) is 13.8. The minimum Gasteiger partial charge on any atom is -0.494 e. The van der Waals surface area contributed by atoms with Gasteiger partial charge in [0.1, 0.15) is 27.9 Å². The van der Waals surface area contributed by atoms with Gasteiger partial charge in [-0.15, -0.1) is 10.2 Å². The van der Waals surface area contributed by atoms with Gasteiger partial charge in [0.05, 0.1) is 12.8 Å². The van der Waals surface area contributed by atoms with Gasteiger partial charge in [-0.2, -0.15) is 0 Å². The van der Waals surface area contributed by atoms with Crippen LogP contribution in [-0.4, -0.2) is 48.5 Å². The third-order valence-electron chi connectivity index (χ3n) is 4.43. The Kier molecular flexibility index (Phi) is 5.50. The van der Waals surface area contributed by atoms with E-state index in [2.05, 4.69) is 25.2 Å². The fourth-order valence-corrected chi connectivity index (χ4v) is 3.78. The normalized spacial score (nSPS) is 11.2. The van der Waals surface area contributed by atoms with Crippen molar-refractivity contribution in [2.75, 3.05) is 24.2 Å². The largest absolute Gasteiger partial charge is 0.494 e. The summed E-state index contributed by atoms with van der Waals surface area (Å²) in [6, 6.07) is 6.27. The molecule has 0 aliphatic heterocycles. The van der Waals surface area contributed by atoms with Crippen molar-refractivity contribution >= 4 is 27.6 Å². The van der Waals surface area contributed by atoms with Crippen molar-refractivity contribution < 1.29 is 13.2 Å². The van der Waals surface area contributed by atoms with E-state index in [1.54, 1.807) is 36.9 Å². The second-order valence-electron chi connectivity index (χ2n) is 6.12. The molecule has 3 N–H and O–H groups in total. The van der Waals surface area contributed by atoms with Crippen LogP contribution in [0.15, 0.2) is 35.4 Å². The lowest BCUT2D eigenvalue weighted by atomic mass is 10.1. The molecule has 0 saturated heterocycles. The topological polar surface area (TPSA) is 135 Å². The molecule has 0 saturated carbocycles. The van der Waals surface area contributed by atoms with Crippen LogP contribution in [0.3, 0.4) is 0 Å². The van der Waals surface area contributed by atoms with Crippen molar-refractivity contribution in [3.63, 3.8) is 0 Å². The second kappa shape index (κ2) is 7.87. The first-order valence-corrected chi connectivity index (χ1v) is 10.0. The summed E-state index contributed by atoms with van der Waals surface area (Å²) in [4.78, 5) is 4.20. The highest BCUT2D eigenvalue weighted by Gasteiger charge is 2.21. The van der Waals surface area contributed by atoms with E-state index in [9.17, 15) is 8.42 Å². The summed E-state index contributed by atoms with van der Waals surface area (Å²) in [6.45, 7) is 1.81. The van der Waals surface area contributed by atoms with Gasteiger partial charge in [0.2, 0.25) is 0 Å². The summed E-state index contributed by atoms with van der Waals surface area (Å²) in [5, 5.41) is 18.5. The number of pyridine rings is 1. The Hall–Kier alpha value is -3.47. The molecule has 10 nitrogen and oxygen atoms in total. The molecule has 1 aromatic carbocycles. The van der Waals surface area contributed by atoms with E-state index in [4.69, 9.17) is 10.1 Å². The van der Waals surface area contributed by atoms with Crippen LogP contribution in [0, 0.1) is 12.3 Å². The zero-order valence-electron chi connectivity index (χ0n) is 16.4. The van der Waals surface area contributed by atoms with E-state index in [0.717, 1.165) is 12.0 Å². The highest BCUT2D eigenvalue weighted by atomic mass is 32.2. The van der Waals surface area contributed by atoms with Gasteiger partial charge in [0, 0.05) is 32.1 Å². The fraction of sp³-hybridized carbons (Fsp3) is 0.222. The molecule has 3 aromatic rings. The molecule has 0 aliphatic carbocycles. The van der Waals surface area contributed by atoms with E-state index >= 15 is 0 Å². The van der Waals surface area contributed by atoms with Gasteiger partial charge in [0.15, 0.2) is 5.82 Å². The number of aryl methyl sites for hydroxylation is 1. The predicted octanol–water partition coefficient (Wildman–Crippen LogP) is 2.03. The van der Waals surface area contributed by atoms with E-state index in [1.165, 1.54) is 19.4 Å². The van der Waals surface area contributed by atoms with E-state index < -0.39 is 10.0 Å². The number of methoxy groups -OCH3 is 1. The van der Waals surface area contributed by atoms with E-state index in [-0.39, 0.29) is 10.6 Å². The average Bonchev–Trinajstić information content (AvgIpc) is 3.06. The molecule has 0 unspecified atom stereocenters. The Morgan fingerprint density at radius 1 is 1.17 bits per heavy atom. The van der Waals surface area contributed by atoms with Gasteiger partial charge in [0.25, 0.3) is 10.0 Å². The van der Waals surface area contributed by atoms with Gasteiger partial charge in [-0.25, -0.2) is 8.42 Å². The number of aromatic nitrogens is 4. The maximum absolute atomic E-state index is 12.9. The summed E-state index contributed by atoms with van der Waals surface area (Å²) in [5.74, 6) is 1.58. The van der Waals surface area contributed by atoms with Crippen LogP contribution >= 0.6 is 0 Å². The SMILES string of the molecule is CNc1c(C=N)ccc(OC)c1NS(=O)(=O)c1ccc(-c2nnc(C)n2C)nc1. The molecule has 2 aromatic heterocycles. The van der Waals surface area contributed by atoms with Crippen molar-refractivity contribution in [1.29, 1.82) is 5.41 Å². The van der Waals surface area contributed by atoms with Gasteiger partial charge in [-0.05, 0) is 31.2 Å². The maximum atomic E-state index is 12.9. The van der Waals surface area contributed by atoms with Gasteiger partial charge in [-0.3, -0.25) is 9.71 Å². The second-order valence-corrected chi connectivity index (χ2v) is 7.80. The Morgan fingerprint density at radius 3 is 2.45 bits per heavy atom. The monoisotopic (exact) mass is 415 g/mol. The Bertz CT molecular complexity index is 1150. The number of rotatable bonds is 7. The molecule has 152 valence electrons. The molecule has 0 aliphatic rings. The van der Waals surface area contributed by atoms with Crippen LogP contribution in [0.4, 0.5) is 11.4 Å². The molecule has 11 heteroatoms. The van der Waals surface area contributed by atoms with Gasteiger partial charge >= 0.3 is 0 Å². The minimum absolute atomic E-state index is 0.0236. The van der Waals surface area contributed by atoms with Crippen LogP contribution in [-0.2, 0) is 17.1 Å². The van der Waals surface area contributed by atoms with Crippen molar-refractivity contribution in [3.05, 3.63) is 41.9 Å². The Balaban J connectivity index is 1.98. The molecular formula is C18H21N7O3S. The van der Waals surface area contributed by atoms with Crippen molar-refractivity contribution in [1.82, 2.24) is 19.7 Å². The average molecular weight is 415 g/mol. The Labute approximate surface area is 168 Å². The van der Waals surface area contributed by atoms with Crippen LogP contribution in [0.25, 0.3) is 11.5 Å². The number of benzene rings is 1. The summed E-state index contributed by atoms with van der Waals surface area (Å²) in [7, 11) is 0.926. The summed E-state index contributed by atoms with van der Waals surface area (Å²) < 4.78 is 35.4. The standard InChI is InChI=1S/C18H21N7O3S/c1-11-22-23-18(25(11)3)14-7-6-13(10-21-14)29(26,27)24-17-15(28-4)8-5-12(9-19)16(17)20-2/h5-10,19-20,24H,1-4H3. The molecular weight excluding hydrogens is 394 g/mol. The molecule has 0 fully saturated rings. The molecule has 0 amide bonds. The van der Waals surface area contributed by atoms with Crippen LogP contribution in [0.1, 0.15) is 11.4 Å². The lowest BCUT2D eigenvalue weighted by Gasteiger charge is -2.17. The molecule has 0 atom stereocenters. The van der Waals surface area contributed by atoms with Gasteiger partial charge in [-0.1, -0.05) is 0 Å². The van der Waals surface area contributed by atoms with Crippen LogP contribution in [0.2, 0.25) is 0 Å². The molecule has 0 bridgehead atoms. The third-order valence-corrected chi connectivity index (χ3v) is 5.76. The van der Waals surface area contributed by atoms with E-state index in [1.807, 2.05) is 6.92 Å². The first-order valence-electron chi connectivity index (χ1n) is 8.56. The number of anilines is 2. The maximum Gasteiger partial charge on any atom is 0.263 e. The van der Waals surface area contributed by atoms with Crippen molar-refractivity contribution in [2.45, 2.75) is 11.8 Å². The van der Waals surface area contributed by atoms with Crippen LogP contribution < -0.4 is 14.8 Å². The smallest absolute Gasteiger partial charge is 0.263 e. The van der Waals surface area contributed by atoms with Gasteiger partial charge < -0.3 is 20.0 Å². The number of nitrogens with zero attached hydrogens (tertiary/aromatic N) is 4. The zero-order valence-corrected chi connectivity index (χ0v) is 17.2. The quantitative estimate of drug-likeness (QED) is 0.503. The zero-order chi connectivity index (χ0) is 21.2. The lowest BCUT2D eigenvalue weighted by molar-refractivity contribution is 0.417. The summed E-state index contributed by atoms with van der Waals surface area (Å²) in [5.41, 5.74) is 1.66. The van der Waals surface area contributed by atoms with Crippen molar-refractivity contribution in [3.8, 4) is 17.3 Å². The molecule has 2 heterocycles. The first kappa shape index (κ1) is 20.3. The highest BCUT2D eigenvalue weighted by molar-refractivity contribution is 7.92. The number of hydrogen-bond donors (Lipinski definition) is 3. The molecule has 0 radical (unpaired) electrons. The minimum atomic E-state index is -3.96. The lowest BCUT2D eigenvalue weighted by Crippen LogP contribution is -2.16. The van der Waals surface area contributed by atoms with Crippen LogP contribution in [0.5, 0.6) is 5.75 Å². The Morgan fingerprint density at radius 2 is 1.93 bits per heavy atom. The van der Waals surface area contributed by atoms with Crippen molar-refractivity contribution in [2.24, 2.45) is 7.05 Å². The number of sulfonamides is 1. The fourth-order valence-electron chi connectivity index (χ4n) is 2.76. The van der Waals surface area contributed by atoms with E-state index in [0.29, 0.717) is 28.5 Å². The summed E-state index contributed by atoms with van der Waals surface area (Å²) >= 11 is 0. The molecule has 29 heavy (non-hydrogen) atoms.